The number of rotatable bonds is 4. The van der Waals surface area contributed by atoms with Crippen molar-refractivity contribution in [1.29, 1.82) is 0 Å². The van der Waals surface area contributed by atoms with Crippen LogP contribution in [0, 0.1) is 20.8 Å². The minimum absolute atomic E-state index is 0.140. The average molecular weight is 345 g/mol. The van der Waals surface area contributed by atoms with E-state index in [0.29, 0.717) is 13.1 Å². The van der Waals surface area contributed by atoms with Crippen LogP contribution in [0.15, 0.2) is 36.4 Å². The molecule has 11 heteroatoms. The molecule has 0 atom stereocenters. The van der Waals surface area contributed by atoms with Crippen molar-refractivity contribution >= 4 is 22.7 Å². The predicted molar refractivity (Wildman–Crippen MR) is 89.0 cm³/mol. The van der Waals surface area contributed by atoms with Gasteiger partial charge in [0.2, 0.25) is 0 Å². The summed E-state index contributed by atoms with van der Waals surface area (Å²) in [6.07, 6.45) is 0. The SMILES string of the molecule is [O-]N1ON([O-])c2cc(CNCc3ccc4c(c3)N([O-])ON4[O-])ccc21. The summed E-state index contributed by atoms with van der Waals surface area (Å²) in [4.78, 5) is 8.76. The van der Waals surface area contributed by atoms with E-state index in [1.54, 1.807) is 24.3 Å². The Morgan fingerprint density at radius 3 is 1.48 bits per heavy atom. The maximum absolute atomic E-state index is 11.4. The van der Waals surface area contributed by atoms with E-state index >= 15 is 0 Å². The van der Waals surface area contributed by atoms with Gasteiger partial charge in [0.1, 0.15) is 0 Å². The first-order valence-corrected chi connectivity index (χ1v) is 7.25. The molecule has 0 saturated heterocycles. The van der Waals surface area contributed by atoms with Gasteiger partial charge in [0, 0.05) is 13.1 Å². The molecule has 2 aromatic carbocycles. The fourth-order valence-corrected chi connectivity index (χ4v) is 2.62. The van der Waals surface area contributed by atoms with Crippen LogP contribution in [0.4, 0.5) is 22.7 Å². The van der Waals surface area contributed by atoms with E-state index in [4.69, 9.17) is 0 Å². The Kier molecular flexibility index (Phi) is 3.82. The van der Waals surface area contributed by atoms with Crippen molar-refractivity contribution in [1.82, 2.24) is 5.32 Å². The van der Waals surface area contributed by atoms with E-state index in [9.17, 15) is 20.8 Å². The fourth-order valence-electron chi connectivity index (χ4n) is 2.62. The highest BCUT2D eigenvalue weighted by molar-refractivity contribution is 5.74. The molecular weight excluding hydrogens is 334 g/mol. The molecule has 0 bridgehead atoms. The molecule has 2 heterocycles. The quantitative estimate of drug-likeness (QED) is 0.870. The molecule has 0 radical (unpaired) electrons. The molecule has 2 aliphatic heterocycles. The molecule has 0 fully saturated rings. The van der Waals surface area contributed by atoms with Gasteiger partial charge in [-0.1, -0.05) is 12.1 Å². The van der Waals surface area contributed by atoms with Crippen molar-refractivity contribution in [2.75, 3.05) is 20.9 Å². The van der Waals surface area contributed by atoms with Crippen LogP contribution in [0.1, 0.15) is 11.1 Å². The third kappa shape index (κ3) is 2.81. The second-order valence-corrected chi connectivity index (χ2v) is 5.44. The molecule has 1 N–H and O–H groups in total. The van der Waals surface area contributed by atoms with Crippen LogP contribution in [-0.2, 0) is 23.0 Å². The van der Waals surface area contributed by atoms with Gasteiger partial charge in [0.25, 0.3) is 0 Å². The first-order valence-electron chi connectivity index (χ1n) is 7.25. The van der Waals surface area contributed by atoms with E-state index in [1.807, 2.05) is 0 Å². The van der Waals surface area contributed by atoms with Crippen molar-refractivity contribution in [2.24, 2.45) is 0 Å². The number of nitrogens with one attached hydrogen (secondary N) is 1. The maximum atomic E-state index is 11.4. The Morgan fingerprint density at radius 1 is 0.640 bits per heavy atom. The lowest BCUT2D eigenvalue weighted by Gasteiger charge is -2.26. The van der Waals surface area contributed by atoms with E-state index in [1.165, 1.54) is 12.1 Å². The first kappa shape index (κ1) is 15.9. The van der Waals surface area contributed by atoms with E-state index < -0.39 is 0 Å². The highest BCUT2D eigenvalue weighted by Gasteiger charge is 2.17. The zero-order valence-corrected chi connectivity index (χ0v) is 12.6. The van der Waals surface area contributed by atoms with Gasteiger partial charge in [-0.05, 0) is 35.4 Å². The number of benzene rings is 2. The summed E-state index contributed by atoms with van der Waals surface area (Å²) in [5.41, 5.74) is 2.13. The lowest BCUT2D eigenvalue weighted by molar-refractivity contribution is 0.150. The summed E-state index contributed by atoms with van der Waals surface area (Å²) in [5, 5.41) is 49.3. The predicted octanol–water partition coefficient (Wildman–Crippen LogP) is 1.91. The monoisotopic (exact) mass is 345 g/mol. The molecule has 132 valence electrons. The molecule has 0 saturated carbocycles. The van der Waals surface area contributed by atoms with Crippen molar-refractivity contribution in [3.05, 3.63) is 68.4 Å². The van der Waals surface area contributed by atoms with Crippen LogP contribution in [0.25, 0.3) is 0 Å². The fraction of sp³-hybridized carbons (Fsp3) is 0.143. The highest BCUT2D eigenvalue weighted by Crippen LogP contribution is 2.37. The van der Waals surface area contributed by atoms with Crippen molar-refractivity contribution in [2.45, 2.75) is 13.1 Å². The summed E-state index contributed by atoms with van der Waals surface area (Å²) in [5.74, 6) is 0. The standard InChI is InChI=1S/C14H11N5O6/c20-16-11-3-1-9(5-13(11)18(22)24-16)7-15-8-10-2-4-12-14(6-10)19(23)25-17(12)21/h1-6,15H,7-8H2/q-4. The Bertz CT molecular complexity index is 740. The van der Waals surface area contributed by atoms with Crippen LogP contribution >= 0.6 is 0 Å². The molecule has 11 nitrogen and oxygen atoms in total. The summed E-state index contributed by atoms with van der Waals surface area (Å²) in [6.45, 7) is 0.838. The average Bonchev–Trinajstić information content (AvgIpc) is 3.04. The van der Waals surface area contributed by atoms with Crippen LogP contribution in [0.5, 0.6) is 0 Å². The molecular formula is C14H11N5O6-4. The van der Waals surface area contributed by atoms with Crippen molar-refractivity contribution in [3.8, 4) is 0 Å². The molecule has 2 aliphatic rings. The first-order chi connectivity index (χ1) is 12.0. The van der Waals surface area contributed by atoms with Crippen LogP contribution in [0.3, 0.4) is 0 Å². The van der Waals surface area contributed by atoms with Gasteiger partial charge in [-0.2, -0.15) is 9.88 Å². The molecule has 0 aromatic heterocycles. The molecule has 2 aromatic rings. The zero-order valence-electron chi connectivity index (χ0n) is 12.6. The van der Waals surface area contributed by atoms with E-state index in [-0.39, 0.29) is 43.7 Å². The third-order valence-corrected chi connectivity index (χ3v) is 3.82. The van der Waals surface area contributed by atoms with Gasteiger partial charge in [0.05, 0.1) is 22.7 Å². The lowest BCUT2D eigenvalue weighted by Crippen LogP contribution is -2.17. The molecule has 0 aliphatic carbocycles. The summed E-state index contributed by atoms with van der Waals surface area (Å²) < 4.78 is 0. The van der Waals surface area contributed by atoms with Crippen LogP contribution < -0.4 is 26.2 Å². The number of fused-ring (bicyclic) bond motifs is 2. The third-order valence-electron chi connectivity index (χ3n) is 3.82. The molecule has 0 unspecified atom stereocenters. The van der Waals surface area contributed by atoms with E-state index in [2.05, 4.69) is 15.2 Å². The normalized spacial score (nSPS) is 15.8. The Balaban J connectivity index is 1.41. The minimum atomic E-state index is 0.140. The molecule has 25 heavy (non-hydrogen) atoms. The summed E-state index contributed by atoms with van der Waals surface area (Å²) in [7, 11) is 0. The topological polar surface area (TPSA) is 136 Å². The Morgan fingerprint density at radius 2 is 1.04 bits per heavy atom. The van der Waals surface area contributed by atoms with Crippen LogP contribution in [-0.4, -0.2) is 0 Å². The number of nitrogens with zero attached hydrogens (tertiary/aromatic N) is 4. The smallest absolute Gasteiger partial charge is 0.0787 e. The second kappa shape index (κ2) is 6.02. The Hall–Kier alpha value is -2.64. The zero-order chi connectivity index (χ0) is 17.6. The largest absolute Gasteiger partial charge is 0.731 e. The molecule has 4 rings (SSSR count). The van der Waals surface area contributed by atoms with Gasteiger partial charge < -0.3 is 26.1 Å². The summed E-state index contributed by atoms with van der Waals surface area (Å²) in [6, 6.07) is 9.51. The molecule has 0 spiro atoms. The number of hydrogen-bond acceptors (Lipinski definition) is 11. The summed E-state index contributed by atoms with van der Waals surface area (Å²) >= 11 is 0. The van der Waals surface area contributed by atoms with Crippen molar-refractivity contribution in [3.63, 3.8) is 0 Å². The number of hydrogen-bond donors (Lipinski definition) is 1. The van der Waals surface area contributed by atoms with Crippen molar-refractivity contribution < 1.29 is 9.88 Å². The Labute approximate surface area is 141 Å². The van der Waals surface area contributed by atoms with Gasteiger partial charge in [-0.3, -0.25) is 20.9 Å². The minimum Gasteiger partial charge on any atom is -0.731 e. The second-order valence-electron chi connectivity index (χ2n) is 5.44. The van der Waals surface area contributed by atoms with Gasteiger partial charge >= 0.3 is 0 Å². The maximum Gasteiger partial charge on any atom is 0.0787 e. The molecule has 0 amide bonds. The van der Waals surface area contributed by atoms with Crippen LogP contribution in [0.2, 0.25) is 0 Å². The van der Waals surface area contributed by atoms with E-state index in [0.717, 1.165) is 11.1 Å². The highest BCUT2D eigenvalue weighted by atomic mass is 17.1. The number of anilines is 4. The lowest BCUT2D eigenvalue weighted by atomic mass is 10.1. The van der Waals surface area contributed by atoms with Gasteiger partial charge in [-0.25, -0.2) is 0 Å². The van der Waals surface area contributed by atoms with Gasteiger partial charge in [0.15, 0.2) is 0 Å². The van der Waals surface area contributed by atoms with Gasteiger partial charge in [-0.15, -0.1) is 0 Å².